The van der Waals surface area contributed by atoms with E-state index in [9.17, 15) is 9.90 Å². The minimum Gasteiger partial charge on any atom is -0.481 e. The van der Waals surface area contributed by atoms with Gasteiger partial charge in [-0.25, -0.2) is 0 Å². The van der Waals surface area contributed by atoms with E-state index in [0.717, 1.165) is 23.0 Å². The summed E-state index contributed by atoms with van der Waals surface area (Å²) in [5, 5.41) is 9.25. The van der Waals surface area contributed by atoms with Crippen molar-refractivity contribution >= 4 is 27.6 Å². The molecule has 1 aromatic carbocycles. The molecule has 0 aliphatic carbocycles. The van der Waals surface area contributed by atoms with Gasteiger partial charge in [-0.15, -0.1) is 0 Å². The maximum absolute atomic E-state index is 11.2. The summed E-state index contributed by atoms with van der Waals surface area (Å²) in [6.45, 7) is 7.03. The molecule has 3 nitrogen and oxygen atoms in total. The Morgan fingerprint density at radius 2 is 2.16 bits per heavy atom. The topological polar surface area (TPSA) is 40.5 Å². The predicted octanol–water partition coefficient (Wildman–Crippen LogP) is 3.84. The number of nitrogens with zero attached hydrogens (tertiary/aromatic N) is 1. The zero-order valence-electron chi connectivity index (χ0n) is 11.6. The van der Waals surface area contributed by atoms with Crippen LogP contribution in [-0.4, -0.2) is 23.2 Å². The number of hydrogen-bond acceptors (Lipinski definition) is 2. The Hall–Kier alpha value is -1.03. The van der Waals surface area contributed by atoms with E-state index in [1.807, 2.05) is 6.07 Å². The van der Waals surface area contributed by atoms with Gasteiger partial charge in [-0.2, -0.15) is 0 Å². The number of carboxylic acid groups (broad SMARTS) is 1. The highest BCUT2D eigenvalue weighted by atomic mass is 79.9. The number of anilines is 1. The largest absolute Gasteiger partial charge is 0.481 e. The lowest BCUT2D eigenvalue weighted by atomic mass is 9.84. The van der Waals surface area contributed by atoms with Crippen LogP contribution in [0, 0.1) is 12.8 Å². The molecule has 1 aliphatic heterocycles. The van der Waals surface area contributed by atoms with Crippen LogP contribution in [-0.2, 0) is 4.79 Å². The molecular formula is C15H20BrNO2. The molecule has 0 aromatic heterocycles. The third-order valence-electron chi connectivity index (χ3n) is 4.04. The fourth-order valence-corrected chi connectivity index (χ4v) is 3.24. The number of aliphatic carboxylic acids is 1. The Morgan fingerprint density at radius 3 is 2.74 bits per heavy atom. The Balaban J connectivity index is 2.35. The zero-order chi connectivity index (χ0) is 14.2. The van der Waals surface area contributed by atoms with E-state index >= 15 is 0 Å². The second kappa shape index (κ2) is 5.16. The molecule has 104 valence electrons. The van der Waals surface area contributed by atoms with Crippen molar-refractivity contribution in [2.24, 2.45) is 5.92 Å². The number of aryl methyl sites for hydroxylation is 1. The number of benzene rings is 1. The molecule has 0 saturated carbocycles. The Morgan fingerprint density at radius 1 is 1.47 bits per heavy atom. The molecule has 19 heavy (non-hydrogen) atoms. The summed E-state index contributed by atoms with van der Waals surface area (Å²) in [7, 11) is 0. The van der Waals surface area contributed by atoms with Gasteiger partial charge in [0.1, 0.15) is 0 Å². The van der Waals surface area contributed by atoms with Crippen molar-refractivity contribution in [1.82, 2.24) is 0 Å². The average Bonchev–Trinajstić information content (AvgIpc) is 2.29. The summed E-state index contributed by atoms with van der Waals surface area (Å²) >= 11 is 3.47. The first-order valence-corrected chi connectivity index (χ1v) is 7.37. The molecule has 1 aromatic rings. The SMILES string of the molecule is Cc1cc(Br)ccc1N1CC(C(=O)O)CCC1(C)C. The Bertz CT molecular complexity index is 499. The lowest BCUT2D eigenvalue weighted by Gasteiger charge is -2.46. The standard InChI is InChI=1S/C15H20BrNO2/c1-10-8-12(16)4-5-13(10)17-9-11(14(18)19)6-7-15(17,2)3/h4-5,8,11H,6-7,9H2,1-3H3,(H,18,19). The van der Waals surface area contributed by atoms with Crippen molar-refractivity contribution < 1.29 is 9.90 Å². The second-order valence-corrected chi connectivity index (χ2v) is 6.84. The first kappa shape index (κ1) is 14.4. The first-order chi connectivity index (χ1) is 8.81. The van der Waals surface area contributed by atoms with Gasteiger partial charge in [0.05, 0.1) is 5.92 Å². The molecule has 1 aliphatic rings. The number of halogens is 1. The third-order valence-corrected chi connectivity index (χ3v) is 4.53. The summed E-state index contributed by atoms with van der Waals surface area (Å²) in [5.74, 6) is -0.952. The van der Waals surface area contributed by atoms with E-state index < -0.39 is 5.97 Å². The van der Waals surface area contributed by atoms with Crippen LogP contribution >= 0.6 is 15.9 Å². The van der Waals surface area contributed by atoms with Crippen LogP contribution in [0.25, 0.3) is 0 Å². The Labute approximate surface area is 122 Å². The maximum Gasteiger partial charge on any atom is 0.308 e. The van der Waals surface area contributed by atoms with Gasteiger partial charge >= 0.3 is 5.97 Å². The lowest BCUT2D eigenvalue weighted by Crippen LogP contribution is -2.52. The van der Waals surface area contributed by atoms with Crippen LogP contribution in [0.15, 0.2) is 22.7 Å². The molecule has 0 radical (unpaired) electrons. The smallest absolute Gasteiger partial charge is 0.308 e. The third kappa shape index (κ3) is 2.94. The van der Waals surface area contributed by atoms with Gasteiger partial charge in [0.15, 0.2) is 0 Å². The van der Waals surface area contributed by atoms with E-state index in [4.69, 9.17) is 0 Å². The normalized spacial score (nSPS) is 22.3. The maximum atomic E-state index is 11.2. The molecule has 0 bridgehead atoms. The molecule has 0 amide bonds. The number of carbonyl (C=O) groups is 1. The molecule has 4 heteroatoms. The first-order valence-electron chi connectivity index (χ1n) is 6.58. The molecular weight excluding hydrogens is 306 g/mol. The van der Waals surface area contributed by atoms with Crippen molar-refractivity contribution in [3.63, 3.8) is 0 Å². The van der Waals surface area contributed by atoms with E-state index in [1.165, 1.54) is 5.56 Å². The van der Waals surface area contributed by atoms with Crippen LogP contribution in [0.1, 0.15) is 32.3 Å². The van der Waals surface area contributed by atoms with Gasteiger partial charge in [0.25, 0.3) is 0 Å². The van der Waals surface area contributed by atoms with Crippen LogP contribution in [0.5, 0.6) is 0 Å². The van der Waals surface area contributed by atoms with E-state index in [-0.39, 0.29) is 11.5 Å². The Kier molecular flexibility index (Phi) is 3.90. The van der Waals surface area contributed by atoms with Crippen LogP contribution in [0.3, 0.4) is 0 Å². The highest BCUT2D eigenvalue weighted by Gasteiger charge is 2.37. The van der Waals surface area contributed by atoms with Gasteiger partial charge < -0.3 is 10.0 Å². The van der Waals surface area contributed by atoms with Gasteiger partial charge in [0.2, 0.25) is 0 Å². The van der Waals surface area contributed by atoms with E-state index in [0.29, 0.717) is 6.54 Å². The van der Waals surface area contributed by atoms with Crippen molar-refractivity contribution in [3.05, 3.63) is 28.2 Å². The molecule has 1 fully saturated rings. The summed E-state index contributed by atoms with van der Waals surface area (Å²) < 4.78 is 1.05. The summed E-state index contributed by atoms with van der Waals surface area (Å²) in [4.78, 5) is 13.5. The predicted molar refractivity (Wildman–Crippen MR) is 80.7 cm³/mol. The molecule has 0 spiro atoms. The molecule has 2 rings (SSSR count). The van der Waals surface area contributed by atoms with E-state index in [1.54, 1.807) is 0 Å². The van der Waals surface area contributed by atoms with Gasteiger partial charge in [-0.05, 0) is 57.4 Å². The monoisotopic (exact) mass is 325 g/mol. The summed E-state index contributed by atoms with van der Waals surface area (Å²) in [5.41, 5.74) is 2.32. The number of carboxylic acids is 1. The van der Waals surface area contributed by atoms with Gasteiger partial charge in [0, 0.05) is 22.2 Å². The fourth-order valence-electron chi connectivity index (χ4n) is 2.77. The summed E-state index contributed by atoms with van der Waals surface area (Å²) in [6.07, 6.45) is 1.66. The zero-order valence-corrected chi connectivity index (χ0v) is 13.2. The van der Waals surface area contributed by atoms with Crippen molar-refractivity contribution in [2.45, 2.75) is 39.2 Å². The highest BCUT2D eigenvalue weighted by molar-refractivity contribution is 9.10. The van der Waals surface area contributed by atoms with Crippen molar-refractivity contribution in [3.8, 4) is 0 Å². The minimum absolute atomic E-state index is 0.00450. The van der Waals surface area contributed by atoms with Crippen molar-refractivity contribution in [1.29, 1.82) is 0 Å². The van der Waals surface area contributed by atoms with Gasteiger partial charge in [-0.3, -0.25) is 4.79 Å². The number of rotatable bonds is 2. The van der Waals surface area contributed by atoms with E-state index in [2.05, 4.69) is 53.7 Å². The summed E-state index contributed by atoms with van der Waals surface area (Å²) in [6, 6.07) is 6.17. The molecule has 1 heterocycles. The molecule has 1 saturated heterocycles. The molecule has 1 N–H and O–H groups in total. The highest BCUT2D eigenvalue weighted by Crippen LogP contribution is 2.37. The van der Waals surface area contributed by atoms with Gasteiger partial charge in [-0.1, -0.05) is 15.9 Å². The molecule has 1 atom stereocenters. The minimum atomic E-state index is -0.685. The quantitative estimate of drug-likeness (QED) is 0.898. The lowest BCUT2D eigenvalue weighted by molar-refractivity contribution is -0.142. The fraction of sp³-hybridized carbons (Fsp3) is 0.533. The number of piperidine rings is 1. The second-order valence-electron chi connectivity index (χ2n) is 5.93. The average molecular weight is 326 g/mol. The van der Waals surface area contributed by atoms with Crippen LogP contribution in [0.4, 0.5) is 5.69 Å². The van der Waals surface area contributed by atoms with Crippen LogP contribution < -0.4 is 4.90 Å². The van der Waals surface area contributed by atoms with Crippen molar-refractivity contribution in [2.75, 3.05) is 11.4 Å². The van der Waals surface area contributed by atoms with Crippen LogP contribution in [0.2, 0.25) is 0 Å². The number of hydrogen-bond donors (Lipinski definition) is 1. The molecule has 1 unspecified atom stereocenters.